The number of nitrogens with two attached hydrogens (primary N) is 2. The van der Waals surface area contributed by atoms with Crippen LogP contribution in [0.15, 0.2) is 5.10 Å². The highest BCUT2D eigenvalue weighted by atomic mass is 32.2. The number of hydrazone groups is 1. The number of rotatable bonds is 2. The molecule has 2 unspecified atom stereocenters. The van der Waals surface area contributed by atoms with E-state index in [1.165, 1.54) is 18.0 Å². The van der Waals surface area contributed by atoms with E-state index in [-0.39, 0.29) is 10.5 Å². The van der Waals surface area contributed by atoms with Crippen LogP contribution in [0, 0.1) is 0 Å². The summed E-state index contributed by atoms with van der Waals surface area (Å²) < 4.78 is 22.8. The largest absolute Gasteiger partial charge is 0.377 e. The van der Waals surface area contributed by atoms with Gasteiger partial charge in [-0.05, 0) is 19.3 Å². The summed E-state index contributed by atoms with van der Waals surface area (Å²) in [6.45, 7) is 0. The molecule has 1 fully saturated rings. The topological polar surface area (TPSA) is 98.5 Å². The monoisotopic (exact) mass is 251 g/mol. The number of hydrogen-bond acceptors (Lipinski definition) is 5. The summed E-state index contributed by atoms with van der Waals surface area (Å²) in [5.41, 5.74) is 5.50. The van der Waals surface area contributed by atoms with Crippen molar-refractivity contribution in [3.05, 3.63) is 0 Å². The number of nitrogens with zero attached hydrogens (tertiary/aromatic N) is 1. The third-order valence-electron chi connectivity index (χ3n) is 2.60. The summed E-state index contributed by atoms with van der Waals surface area (Å²) >= 11 is 1.38. The third kappa shape index (κ3) is 3.90. The molecule has 1 aliphatic carbocycles. The molecule has 0 amide bonds. The minimum Gasteiger partial charge on any atom is -0.377 e. The molecule has 0 aliphatic heterocycles. The number of amidine groups is 1. The van der Waals surface area contributed by atoms with Crippen LogP contribution >= 0.6 is 11.8 Å². The van der Waals surface area contributed by atoms with Crippen LogP contribution in [0.5, 0.6) is 0 Å². The molecule has 0 saturated heterocycles. The average Bonchev–Trinajstić information content (AvgIpc) is 2.17. The zero-order chi connectivity index (χ0) is 11.5. The molecule has 0 bridgehead atoms. The maximum atomic E-state index is 11.4. The Morgan fingerprint density at radius 2 is 2.13 bits per heavy atom. The molecule has 5 nitrogen and oxygen atoms in total. The van der Waals surface area contributed by atoms with E-state index in [9.17, 15) is 8.42 Å². The molecule has 0 aromatic heterocycles. The molecule has 0 aromatic carbocycles. The second-order valence-electron chi connectivity index (χ2n) is 3.83. The molecule has 1 saturated carbocycles. The highest BCUT2D eigenvalue weighted by Gasteiger charge is 2.29. The van der Waals surface area contributed by atoms with Crippen LogP contribution in [0.2, 0.25) is 0 Å². The van der Waals surface area contributed by atoms with Crippen LogP contribution in [-0.2, 0) is 9.84 Å². The van der Waals surface area contributed by atoms with E-state index < -0.39 is 9.84 Å². The van der Waals surface area contributed by atoms with Crippen LogP contribution in [0.1, 0.15) is 25.7 Å². The SMILES string of the molecule is CS(=O)(=O)C1CCCC(SC(N)=NN)C1. The van der Waals surface area contributed by atoms with Crippen molar-refractivity contribution in [3.63, 3.8) is 0 Å². The average molecular weight is 251 g/mol. The summed E-state index contributed by atoms with van der Waals surface area (Å²) in [4.78, 5) is 0. The zero-order valence-corrected chi connectivity index (χ0v) is 10.4. The Balaban J connectivity index is 2.57. The van der Waals surface area contributed by atoms with Gasteiger partial charge in [0, 0.05) is 11.5 Å². The quantitative estimate of drug-likeness (QED) is 0.317. The highest BCUT2D eigenvalue weighted by molar-refractivity contribution is 8.14. The van der Waals surface area contributed by atoms with Gasteiger partial charge in [-0.2, -0.15) is 5.10 Å². The maximum absolute atomic E-state index is 11.4. The fraction of sp³-hybridized carbons (Fsp3) is 0.875. The lowest BCUT2D eigenvalue weighted by atomic mass is 10.00. The van der Waals surface area contributed by atoms with E-state index in [0.29, 0.717) is 11.6 Å². The number of sulfone groups is 1. The first kappa shape index (κ1) is 12.6. The van der Waals surface area contributed by atoms with Crippen LogP contribution in [0.4, 0.5) is 0 Å². The highest BCUT2D eigenvalue weighted by Crippen LogP contribution is 2.31. The van der Waals surface area contributed by atoms with Crippen molar-refractivity contribution in [2.75, 3.05) is 6.26 Å². The second kappa shape index (κ2) is 5.07. The van der Waals surface area contributed by atoms with Crippen molar-refractivity contribution in [2.45, 2.75) is 36.2 Å². The van der Waals surface area contributed by atoms with E-state index in [1.807, 2.05) is 0 Å². The molecule has 88 valence electrons. The second-order valence-corrected chi connectivity index (χ2v) is 7.47. The first-order valence-corrected chi connectivity index (χ1v) is 7.65. The van der Waals surface area contributed by atoms with E-state index in [2.05, 4.69) is 5.10 Å². The van der Waals surface area contributed by atoms with Crippen molar-refractivity contribution in [1.29, 1.82) is 0 Å². The summed E-state index contributed by atoms with van der Waals surface area (Å²) in [6, 6.07) is 0. The van der Waals surface area contributed by atoms with Gasteiger partial charge in [0.1, 0.15) is 9.84 Å². The van der Waals surface area contributed by atoms with Crippen molar-refractivity contribution >= 4 is 26.8 Å². The van der Waals surface area contributed by atoms with Gasteiger partial charge >= 0.3 is 0 Å². The lowest BCUT2D eigenvalue weighted by molar-refractivity contribution is 0.496. The van der Waals surface area contributed by atoms with Crippen molar-refractivity contribution in [3.8, 4) is 0 Å². The van der Waals surface area contributed by atoms with Gasteiger partial charge in [-0.25, -0.2) is 8.42 Å². The standard InChI is InChI=1S/C8H17N3O2S2/c1-15(12,13)7-4-2-3-6(5-7)14-8(9)11-10/h6-7H,2-5,10H2,1H3,(H2,9,11). The van der Waals surface area contributed by atoms with E-state index in [1.54, 1.807) is 0 Å². The molecule has 1 rings (SSSR count). The predicted octanol–water partition coefficient (Wildman–Crippen LogP) is 0.264. The molecule has 7 heteroatoms. The van der Waals surface area contributed by atoms with Crippen LogP contribution < -0.4 is 11.6 Å². The Bertz CT molecular complexity index is 340. The maximum Gasteiger partial charge on any atom is 0.177 e. The van der Waals surface area contributed by atoms with Gasteiger partial charge in [0.2, 0.25) is 0 Å². The molecule has 0 radical (unpaired) electrons. The van der Waals surface area contributed by atoms with Crippen molar-refractivity contribution in [2.24, 2.45) is 16.7 Å². The van der Waals surface area contributed by atoms with Crippen LogP contribution in [-0.4, -0.2) is 30.3 Å². The van der Waals surface area contributed by atoms with Crippen molar-refractivity contribution < 1.29 is 8.42 Å². The molecule has 4 N–H and O–H groups in total. The van der Waals surface area contributed by atoms with E-state index in [4.69, 9.17) is 11.6 Å². The van der Waals surface area contributed by atoms with Gasteiger partial charge in [0.15, 0.2) is 5.17 Å². The van der Waals surface area contributed by atoms with E-state index in [0.717, 1.165) is 19.3 Å². The Morgan fingerprint density at radius 1 is 1.47 bits per heavy atom. The predicted molar refractivity (Wildman–Crippen MR) is 64.3 cm³/mol. The summed E-state index contributed by atoms with van der Waals surface area (Å²) in [5.74, 6) is 5.03. The number of thioether (sulfide) groups is 1. The minimum absolute atomic E-state index is 0.227. The van der Waals surface area contributed by atoms with Gasteiger partial charge < -0.3 is 11.6 Å². The fourth-order valence-corrected chi connectivity index (χ4v) is 4.11. The van der Waals surface area contributed by atoms with E-state index >= 15 is 0 Å². The Hall–Kier alpha value is -0.430. The Kier molecular flexibility index (Phi) is 4.27. The first-order chi connectivity index (χ1) is 6.93. The first-order valence-electron chi connectivity index (χ1n) is 4.82. The normalized spacial score (nSPS) is 29.0. The Morgan fingerprint density at radius 3 is 2.67 bits per heavy atom. The molecule has 15 heavy (non-hydrogen) atoms. The fourth-order valence-electron chi connectivity index (χ4n) is 1.80. The van der Waals surface area contributed by atoms with Gasteiger partial charge in [-0.15, -0.1) is 0 Å². The Labute approximate surface area is 94.6 Å². The molecule has 2 atom stereocenters. The lowest BCUT2D eigenvalue weighted by Gasteiger charge is -2.26. The molecular formula is C8H17N3O2S2. The van der Waals surface area contributed by atoms with Gasteiger partial charge in [0.25, 0.3) is 0 Å². The summed E-state index contributed by atoms with van der Waals surface area (Å²) in [6.07, 6.45) is 4.61. The third-order valence-corrected chi connectivity index (χ3v) is 5.35. The smallest absolute Gasteiger partial charge is 0.177 e. The van der Waals surface area contributed by atoms with Gasteiger partial charge in [-0.3, -0.25) is 0 Å². The summed E-state index contributed by atoms with van der Waals surface area (Å²) in [5, 5.41) is 3.71. The summed E-state index contributed by atoms with van der Waals surface area (Å²) in [7, 11) is -2.93. The molecular weight excluding hydrogens is 234 g/mol. The van der Waals surface area contributed by atoms with Crippen molar-refractivity contribution in [1.82, 2.24) is 0 Å². The number of hydrogen-bond donors (Lipinski definition) is 2. The molecule has 0 heterocycles. The van der Waals surface area contributed by atoms with Crippen LogP contribution in [0.3, 0.4) is 0 Å². The minimum atomic E-state index is -2.93. The van der Waals surface area contributed by atoms with Crippen LogP contribution in [0.25, 0.3) is 0 Å². The van der Waals surface area contributed by atoms with Gasteiger partial charge in [-0.1, -0.05) is 18.2 Å². The molecule has 1 aliphatic rings. The zero-order valence-electron chi connectivity index (χ0n) is 8.72. The molecule has 0 aromatic rings. The lowest BCUT2D eigenvalue weighted by Crippen LogP contribution is -2.30. The molecule has 0 spiro atoms. The van der Waals surface area contributed by atoms with Gasteiger partial charge in [0.05, 0.1) is 5.25 Å².